The predicted octanol–water partition coefficient (Wildman–Crippen LogP) is 3.95. The maximum Gasteiger partial charge on any atom is 0.244 e. The molecule has 1 amide bonds. The molecule has 1 atom stereocenters. The number of nitrogens with zero attached hydrogens (tertiary/aromatic N) is 3. The zero-order valence-electron chi connectivity index (χ0n) is 17.0. The van der Waals surface area contributed by atoms with E-state index in [4.69, 9.17) is 0 Å². The van der Waals surface area contributed by atoms with Gasteiger partial charge in [-0.15, -0.1) is 0 Å². The SMILES string of the molecule is CCN(C)C(C(=O)N(C)C1CCN(c2ccc(F)cc2)CC1)c1ccccc1. The van der Waals surface area contributed by atoms with Gasteiger partial charge in [-0.3, -0.25) is 9.69 Å². The Morgan fingerprint density at radius 3 is 2.25 bits per heavy atom. The van der Waals surface area contributed by atoms with E-state index in [1.54, 1.807) is 0 Å². The largest absolute Gasteiger partial charge is 0.371 e. The Kier molecular flexibility index (Phi) is 6.68. The van der Waals surface area contributed by atoms with Gasteiger partial charge in [-0.1, -0.05) is 37.3 Å². The number of amides is 1. The van der Waals surface area contributed by atoms with Gasteiger partial charge in [0.2, 0.25) is 5.91 Å². The second kappa shape index (κ2) is 9.20. The highest BCUT2D eigenvalue weighted by molar-refractivity contribution is 5.83. The maximum absolute atomic E-state index is 13.4. The summed E-state index contributed by atoms with van der Waals surface area (Å²) in [6.45, 7) is 4.62. The topological polar surface area (TPSA) is 26.8 Å². The highest BCUT2D eigenvalue weighted by atomic mass is 19.1. The first kappa shape index (κ1) is 20.3. The number of carbonyl (C=O) groups is 1. The first-order valence-corrected chi connectivity index (χ1v) is 10.0. The summed E-state index contributed by atoms with van der Waals surface area (Å²) in [5.41, 5.74) is 2.08. The molecule has 2 aromatic rings. The number of carbonyl (C=O) groups excluding carboxylic acids is 1. The van der Waals surface area contributed by atoms with Crippen molar-refractivity contribution in [1.29, 1.82) is 0 Å². The summed E-state index contributed by atoms with van der Waals surface area (Å²) in [6.07, 6.45) is 1.83. The lowest BCUT2D eigenvalue weighted by molar-refractivity contribution is -0.138. The standard InChI is InChI=1S/C23H30FN3O/c1-4-25(2)22(18-8-6-5-7-9-18)23(28)26(3)20-14-16-27(17-15-20)21-12-10-19(24)11-13-21/h5-13,20,22H,4,14-17H2,1-3H3. The monoisotopic (exact) mass is 383 g/mol. The zero-order chi connectivity index (χ0) is 20.1. The Morgan fingerprint density at radius 2 is 1.68 bits per heavy atom. The molecule has 0 spiro atoms. The Balaban J connectivity index is 1.66. The van der Waals surface area contributed by atoms with E-state index >= 15 is 0 Å². The molecule has 150 valence electrons. The minimum atomic E-state index is -0.258. The number of halogens is 1. The van der Waals surface area contributed by atoms with Crippen LogP contribution in [0, 0.1) is 5.82 Å². The van der Waals surface area contributed by atoms with Gasteiger partial charge in [0, 0.05) is 31.9 Å². The third kappa shape index (κ3) is 4.53. The van der Waals surface area contributed by atoms with E-state index in [0.717, 1.165) is 43.7 Å². The number of anilines is 1. The smallest absolute Gasteiger partial charge is 0.244 e. The van der Waals surface area contributed by atoms with E-state index in [2.05, 4.69) is 16.7 Å². The quantitative estimate of drug-likeness (QED) is 0.756. The summed E-state index contributed by atoms with van der Waals surface area (Å²) < 4.78 is 13.2. The number of hydrogen-bond acceptors (Lipinski definition) is 3. The van der Waals surface area contributed by atoms with Gasteiger partial charge in [0.05, 0.1) is 0 Å². The Labute approximate surface area is 167 Å². The predicted molar refractivity (Wildman–Crippen MR) is 112 cm³/mol. The second-order valence-corrected chi connectivity index (χ2v) is 7.53. The van der Waals surface area contributed by atoms with Gasteiger partial charge in [-0.2, -0.15) is 0 Å². The third-order valence-electron chi connectivity index (χ3n) is 5.84. The van der Waals surface area contributed by atoms with Gasteiger partial charge in [-0.25, -0.2) is 4.39 Å². The molecule has 3 rings (SSSR count). The summed E-state index contributed by atoms with van der Waals surface area (Å²) >= 11 is 0. The van der Waals surface area contributed by atoms with Crippen LogP contribution in [0.1, 0.15) is 31.4 Å². The molecule has 5 heteroatoms. The molecule has 1 aliphatic rings. The van der Waals surface area contributed by atoms with Gasteiger partial charge in [0.15, 0.2) is 0 Å². The summed E-state index contributed by atoms with van der Waals surface area (Å²) in [4.78, 5) is 19.7. The van der Waals surface area contributed by atoms with Crippen LogP contribution in [0.25, 0.3) is 0 Å². The van der Waals surface area contributed by atoms with Crippen molar-refractivity contribution in [3.8, 4) is 0 Å². The highest BCUT2D eigenvalue weighted by Crippen LogP contribution is 2.26. The summed E-state index contributed by atoms with van der Waals surface area (Å²) in [6, 6.07) is 16.6. The average Bonchev–Trinajstić information content (AvgIpc) is 2.74. The Hall–Kier alpha value is -2.40. The van der Waals surface area contributed by atoms with E-state index in [-0.39, 0.29) is 23.8 Å². The molecule has 28 heavy (non-hydrogen) atoms. The van der Waals surface area contributed by atoms with Crippen LogP contribution < -0.4 is 4.90 Å². The van der Waals surface area contributed by atoms with Crippen LogP contribution in [0.5, 0.6) is 0 Å². The van der Waals surface area contributed by atoms with Crippen LogP contribution >= 0.6 is 0 Å². The van der Waals surface area contributed by atoms with E-state index in [9.17, 15) is 9.18 Å². The number of rotatable bonds is 6. The van der Waals surface area contributed by atoms with Gasteiger partial charge in [-0.05, 0) is 56.3 Å². The highest BCUT2D eigenvalue weighted by Gasteiger charge is 2.32. The fourth-order valence-electron chi connectivity index (χ4n) is 3.94. The number of benzene rings is 2. The molecule has 0 radical (unpaired) electrons. The summed E-state index contributed by atoms with van der Waals surface area (Å²) in [5.74, 6) is -0.0632. The molecular weight excluding hydrogens is 353 g/mol. The normalized spacial score (nSPS) is 16.2. The minimum Gasteiger partial charge on any atom is -0.371 e. The first-order chi connectivity index (χ1) is 13.5. The van der Waals surface area contributed by atoms with E-state index in [1.807, 2.05) is 61.5 Å². The number of hydrogen-bond donors (Lipinski definition) is 0. The molecular formula is C23H30FN3O. The lowest BCUT2D eigenvalue weighted by atomic mass is 9.99. The van der Waals surface area contributed by atoms with Crippen LogP contribution in [-0.4, -0.2) is 55.5 Å². The van der Waals surface area contributed by atoms with E-state index in [1.165, 1.54) is 12.1 Å². The van der Waals surface area contributed by atoms with Gasteiger partial charge in [0.25, 0.3) is 0 Å². The minimum absolute atomic E-state index is 0.149. The Bertz CT molecular complexity index is 757. The summed E-state index contributed by atoms with van der Waals surface area (Å²) in [5, 5.41) is 0. The second-order valence-electron chi connectivity index (χ2n) is 7.53. The van der Waals surface area contributed by atoms with Crippen molar-refractivity contribution in [2.75, 3.05) is 38.6 Å². The van der Waals surface area contributed by atoms with Gasteiger partial charge >= 0.3 is 0 Å². The molecule has 0 aromatic heterocycles. The average molecular weight is 384 g/mol. The van der Waals surface area contributed by atoms with Crippen LogP contribution in [0.15, 0.2) is 54.6 Å². The molecule has 0 N–H and O–H groups in total. The van der Waals surface area contributed by atoms with Gasteiger partial charge in [0.1, 0.15) is 11.9 Å². The molecule has 0 bridgehead atoms. The number of likely N-dealkylation sites (N-methyl/N-ethyl adjacent to an activating group) is 2. The molecule has 0 saturated carbocycles. The molecule has 1 unspecified atom stereocenters. The molecule has 1 heterocycles. The van der Waals surface area contributed by atoms with Crippen molar-refractivity contribution < 1.29 is 9.18 Å². The van der Waals surface area contributed by atoms with Crippen molar-refractivity contribution in [3.05, 3.63) is 66.0 Å². The zero-order valence-corrected chi connectivity index (χ0v) is 17.0. The van der Waals surface area contributed by atoms with Crippen molar-refractivity contribution >= 4 is 11.6 Å². The van der Waals surface area contributed by atoms with Gasteiger partial charge < -0.3 is 9.80 Å². The van der Waals surface area contributed by atoms with Crippen LogP contribution in [0.2, 0.25) is 0 Å². The molecule has 1 saturated heterocycles. The van der Waals surface area contributed by atoms with Crippen LogP contribution in [0.4, 0.5) is 10.1 Å². The first-order valence-electron chi connectivity index (χ1n) is 10.0. The fourth-order valence-corrected chi connectivity index (χ4v) is 3.94. The van der Waals surface area contributed by atoms with Crippen molar-refractivity contribution in [2.45, 2.75) is 31.8 Å². The summed E-state index contributed by atoms with van der Waals surface area (Å²) in [7, 11) is 3.93. The van der Waals surface area contributed by atoms with Crippen LogP contribution in [-0.2, 0) is 4.79 Å². The van der Waals surface area contributed by atoms with E-state index in [0.29, 0.717) is 0 Å². The number of piperidine rings is 1. The van der Waals surface area contributed by atoms with E-state index < -0.39 is 0 Å². The van der Waals surface area contributed by atoms with Crippen molar-refractivity contribution in [2.24, 2.45) is 0 Å². The lowest BCUT2D eigenvalue weighted by Crippen LogP contribution is -2.49. The van der Waals surface area contributed by atoms with Crippen molar-refractivity contribution in [3.63, 3.8) is 0 Å². The fraction of sp³-hybridized carbons (Fsp3) is 0.435. The lowest BCUT2D eigenvalue weighted by Gasteiger charge is -2.40. The van der Waals surface area contributed by atoms with Crippen molar-refractivity contribution in [1.82, 2.24) is 9.80 Å². The molecule has 1 aliphatic heterocycles. The molecule has 1 fully saturated rings. The molecule has 4 nitrogen and oxygen atoms in total. The third-order valence-corrected chi connectivity index (χ3v) is 5.84. The Morgan fingerprint density at radius 1 is 1.07 bits per heavy atom. The maximum atomic E-state index is 13.4. The molecule has 0 aliphatic carbocycles. The van der Waals surface area contributed by atoms with Crippen LogP contribution in [0.3, 0.4) is 0 Å². The molecule has 2 aromatic carbocycles.